The average molecular weight is 495 g/mol. The molecule has 9 heteroatoms. The first-order valence-corrected chi connectivity index (χ1v) is 12.2. The largest absolute Gasteiger partial charge is 0.464 e. The molecule has 0 aliphatic carbocycles. The number of carbonyl (C=O) groups excluding carboxylic acids is 3. The highest BCUT2D eigenvalue weighted by molar-refractivity contribution is 6.48. The van der Waals surface area contributed by atoms with Crippen LogP contribution >= 0.6 is 0 Å². The standard InChI is InChI=1S/C28H22N4O5/c33-26-21(18-5-1-3-16-7-12-37-25(16)18)22(27(34)30-26)23-19-6-2-4-17-15-20(32(24(17)19)9-8-29-23)28(35)31-10-13-36-14-11-31/h1-9,12,20H,10-11,13-15H2,(H,30,33,34). The quantitative estimate of drug-likeness (QED) is 0.561. The van der Waals surface area contributed by atoms with Gasteiger partial charge in [-0.2, -0.15) is 0 Å². The van der Waals surface area contributed by atoms with Crippen LogP contribution in [0.15, 0.2) is 76.1 Å². The second-order valence-electron chi connectivity index (χ2n) is 9.33. The van der Waals surface area contributed by atoms with Crippen LogP contribution in [0.4, 0.5) is 5.69 Å². The predicted molar refractivity (Wildman–Crippen MR) is 136 cm³/mol. The average Bonchev–Trinajstić information content (AvgIpc) is 3.58. The number of imide groups is 1. The number of nitrogens with one attached hydrogen (secondary N) is 1. The van der Waals surface area contributed by atoms with E-state index in [0.29, 0.717) is 55.1 Å². The lowest BCUT2D eigenvalue weighted by Crippen LogP contribution is -2.49. The Labute approximate surface area is 211 Å². The summed E-state index contributed by atoms with van der Waals surface area (Å²) < 4.78 is 11.1. The number of nitrogens with zero attached hydrogens (tertiary/aromatic N) is 3. The maximum absolute atomic E-state index is 13.5. The van der Waals surface area contributed by atoms with Crippen LogP contribution in [0.25, 0.3) is 16.5 Å². The van der Waals surface area contributed by atoms with Crippen molar-refractivity contribution in [3.63, 3.8) is 0 Å². The molecule has 1 unspecified atom stereocenters. The van der Waals surface area contributed by atoms with Crippen LogP contribution in [0, 0.1) is 0 Å². The number of benzene rings is 2. The van der Waals surface area contributed by atoms with Gasteiger partial charge in [-0.25, -0.2) is 0 Å². The van der Waals surface area contributed by atoms with Crippen LogP contribution < -0.4 is 10.2 Å². The van der Waals surface area contributed by atoms with Gasteiger partial charge in [-0.1, -0.05) is 36.4 Å². The van der Waals surface area contributed by atoms with Gasteiger partial charge in [0.25, 0.3) is 11.8 Å². The normalized spacial score (nSPS) is 20.9. The summed E-state index contributed by atoms with van der Waals surface area (Å²) in [6.07, 6.45) is 5.48. The monoisotopic (exact) mass is 494 g/mol. The summed E-state index contributed by atoms with van der Waals surface area (Å²) >= 11 is 0. The minimum absolute atomic E-state index is 0.0386. The summed E-state index contributed by atoms with van der Waals surface area (Å²) in [4.78, 5) is 48.2. The van der Waals surface area contributed by atoms with E-state index in [1.54, 1.807) is 24.7 Å². The molecule has 1 atom stereocenters. The Morgan fingerprint density at radius 2 is 1.76 bits per heavy atom. The maximum atomic E-state index is 13.5. The number of carbonyl (C=O) groups is 3. The van der Waals surface area contributed by atoms with Crippen LogP contribution in [0.5, 0.6) is 0 Å². The van der Waals surface area contributed by atoms with E-state index in [1.807, 2.05) is 46.2 Å². The third kappa shape index (κ3) is 3.27. The molecule has 0 saturated carbocycles. The Kier molecular flexibility index (Phi) is 4.87. The topological polar surface area (TPSA) is 104 Å². The van der Waals surface area contributed by atoms with Crippen molar-refractivity contribution in [3.05, 3.63) is 83.4 Å². The third-order valence-electron chi connectivity index (χ3n) is 7.34. The Bertz CT molecular complexity index is 1590. The van der Waals surface area contributed by atoms with Gasteiger partial charge in [-0.3, -0.25) is 24.7 Å². The van der Waals surface area contributed by atoms with Gasteiger partial charge < -0.3 is 19.0 Å². The molecule has 3 aromatic rings. The van der Waals surface area contributed by atoms with Crippen LogP contribution in [0.2, 0.25) is 0 Å². The first-order valence-electron chi connectivity index (χ1n) is 12.2. The summed E-state index contributed by atoms with van der Waals surface area (Å²) in [6.45, 7) is 2.19. The highest BCUT2D eigenvalue weighted by Crippen LogP contribution is 2.41. The van der Waals surface area contributed by atoms with E-state index >= 15 is 0 Å². The van der Waals surface area contributed by atoms with Crippen molar-refractivity contribution in [2.24, 2.45) is 4.99 Å². The summed E-state index contributed by atoms with van der Waals surface area (Å²) in [5.41, 5.74) is 4.38. The lowest BCUT2D eigenvalue weighted by atomic mass is 9.92. The molecule has 1 N–H and O–H groups in total. The Balaban J connectivity index is 1.36. The highest BCUT2D eigenvalue weighted by atomic mass is 16.5. The maximum Gasteiger partial charge on any atom is 0.261 e. The van der Waals surface area contributed by atoms with Gasteiger partial charge in [-0.05, 0) is 11.6 Å². The van der Waals surface area contributed by atoms with Crippen LogP contribution in [0.1, 0.15) is 16.7 Å². The first-order chi connectivity index (χ1) is 18.1. The van der Waals surface area contributed by atoms with Gasteiger partial charge in [-0.15, -0.1) is 0 Å². The lowest BCUT2D eigenvalue weighted by molar-refractivity contribution is -0.136. The smallest absolute Gasteiger partial charge is 0.261 e. The van der Waals surface area contributed by atoms with Crippen molar-refractivity contribution in [1.29, 1.82) is 0 Å². The predicted octanol–water partition coefficient (Wildman–Crippen LogP) is 2.41. The van der Waals surface area contributed by atoms with Gasteiger partial charge in [0.1, 0.15) is 11.6 Å². The van der Waals surface area contributed by atoms with Crippen molar-refractivity contribution in [2.45, 2.75) is 12.5 Å². The summed E-state index contributed by atoms with van der Waals surface area (Å²) in [5, 5.41) is 3.28. The van der Waals surface area contributed by atoms with E-state index in [4.69, 9.17) is 9.15 Å². The fourth-order valence-corrected chi connectivity index (χ4v) is 5.67. The number of furan rings is 1. The lowest BCUT2D eigenvalue weighted by Gasteiger charge is -2.32. The van der Waals surface area contributed by atoms with Crippen molar-refractivity contribution in [2.75, 3.05) is 31.2 Å². The minimum Gasteiger partial charge on any atom is -0.464 e. The summed E-state index contributed by atoms with van der Waals surface area (Å²) in [6, 6.07) is 12.7. The molecule has 1 aromatic heterocycles. The number of hydrogen-bond donors (Lipinski definition) is 1. The molecule has 3 amide bonds. The van der Waals surface area contributed by atoms with Gasteiger partial charge in [0.15, 0.2) is 0 Å². The zero-order valence-corrected chi connectivity index (χ0v) is 19.8. The number of rotatable bonds is 3. The number of morpholine rings is 1. The third-order valence-corrected chi connectivity index (χ3v) is 7.34. The number of fused-ring (bicyclic) bond motifs is 1. The first kappa shape index (κ1) is 21.8. The Morgan fingerprint density at radius 3 is 2.62 bits per heavy atom. The number of para-hydroxylation sites is 2. The number of aliphatic imine (C=N–C) groups is 1. The minimum atomic E-state index is -0.513. The number of anilines is 1. The number of ether oxygens (including phenoxy) is 1. The molecule has 4 aliphatic rings. The fraction of sp³-hybridized carbons (Fsp3) is 0.214. The molecule has 9 nitrogen and oxygen atoms in total. The van der Waals surface area contributed by atoms with E-state index in [2.05, 4.69) is 10.3 Å². The van der Waals surface area contributed by atoms with Crippen LogP contribution in [-0.4, -0.2) is 60.7 Å². The number of amides is 3. The van der Waals surface area contributed by atoms with E-state index < -0.39 is 17.9 Å². The molecule has 37 heavy (non-hydrogen) atoms. The van der Waals surface area contributed by atoms with Crippen molar-refractivity contribution in [1.82, 2.24) is 10.2 Å². The van der Waals surface area contributed by atoms with Gasteiger partial charge in [0, 0.05) is 48.4 Å². The highest BCUT2D eigenvalue weighted by Gasteiger charge is 2.42. The molecule has 4 aliphatic heterocycles. The van der Waals surface area contributed by atoms with E-state index in [-0.39, 0.29) is 17.1 Å². The van der Waals surface area contributed by atoms with E-state index in [0.717, 1.165) is 16.6 Å². The van der Waals surface area contributed by atoms with Gasteiger partial charge in [0.2, 0.25) is 5.91 Å². The molecule has 0 bridgehead atoms. The molecule has 0 spiro atoms. The molecule has 0 radical (unpaired) electrons. The van der Waals surface area contributed by atoms with Gasteiger partial charge >= 0.3 is 0 Å². The van der Waals surface area contributed by atoms with Crippen molar-refractivity contribution >= 4 is 45.7 Å². The number of hydrogen-bond acceptors (Lipinski definition) is 7. The SMILES string of the molecule is O=C1NC(=O)C(c2cccc3ccoc23)=C1C1=NC=CN2c3c(cccc31)CC2C(=O)N1CCOCC1. The van der Waals surface area contributed by atoms with Crippen molar-refractivity contribution < 1.29 is 23.5 Å². The summed E-state index contributed by atoms with van der Waals surface area (Å²) in [7, 11) is 0. The second kappa shape index (κ2) is 8.28. The molecule has 1 fully saturated rings. The summed E-state index contributed by atoms with van der Waals surface area (Å²) in [5.74, 6) is -0.970. The molecule has 5 heterocycles. The molecule has 2 aromatic carbocycles. The fourth-order valence-electron chi connectivity index (χ4n) is 5.67. The van der Waals surface area contributed by atoms with E-state index in [9.17, 15) is 14.4 Å². The zero-order valence-electron chi connectivity index (χ0n) is 19.8. The van der Waals surface area contributed by atoms with Crippen LogP contribution in [0.3, 0.4) is 0 Å². The molecule has 1 saturated heterocycles. The molecular formula is C28H22N4O5. The Hall–Kier alpha value is -4.50. The van der Waals surface area contributed by atoms with Crippen molar-refractivity contribution in [3.8, 4) is 0 Å². The van der Waals surface area contributed by atoms with Gasteiger partial charge in [0.05, 0.1) is 42.0 Å². The molecular weight excluding hydrogens is 472 g/mol. The van der Waals surface area contributed by atoms with E-state index in [1.165, 1.54) is 0 Å². The zero-order chi connectivity index (χ0) is 25.1. The van der Waals surface area contributed by atoms with Crippen LogP contribution in [-0.2, 0) is 25.5 Å². The molecule has 7 rings (SSSR count). The molecule has 184 valence electrons. The Morgan fingerprint density at radius 1 is 0.973 bits per heavy atom. The second-order valence-corrected chi connectivity index (χ2v) is 9.33.